The third kappa shape index (κ3) is 5.03. The minimum atomic E-state index is 0. The van der Waals surface area contributed by atoms with Crippen LogP contribution in [0, 0.1) is 0 Å². The van der Waals surface area contributed by atoms with E-state index in [2.05, 4.69) is 38.7 Å². The van der Waals surface area contributed by atoms with Crippen LogP contribution in [-0.4, -0.2) is 56.2 Å². The smallest absolute Gasteiger partial charge is 0.191 e. The van der Waals surface area contributed by atoms with Crippen LogP contribution in [0.3, 0.4) is 0 Å². The summed E-state index contributed by atoms with van der Waals surface area (Å²) in [5.74, 6) is 2.00. The fraction of sp³-hybridized carbons (Fsp3) is 0.650. The van der Waals surface area contributed by atoms with Crippen molar-refractivity contribution in [2.75, 3.05) is 33.3 Å². The molecule has 0 aromatic heterocycles. The van der Waals surface area contributed by atoms with E-state index < -0.39 is 0 Å². The van der Waals surface area contributed by atoms with Gasteiger partial charge in [-0.05, 0) is 49.3 Å². The largest absolute Gasteiger partial charge is 0.493 e. The number of nitrogens with zero attached hydrogens (tertiary/aromatic N) is 2. The third-order valence-corrected chi connectivity index (χ3v) is 5.62. The number of guanidine groups is 1. The first-order chi connectivity index (χ1) is 12.3. The molecule has 2 fully saturated rings. The summed E-state index contributed by atoms with van der Waals surface area (Å²) >= 11 is 0. The highest BCUT2D eigenvalue weighted by molar-refractivity contribution is 14.0. The minimum absolute atomic E-state index is 0. The lowest BCUT2D eigenvalue weighted by molar-refractivity contribution is 0.197. The fourth-order valence-corrected chi connectivity index (χ4v) is 3.96. The van der Waals surface area contributed by atoms with Crippen LogP contribution in [0.5, 0.6) is 5.75 Å². The molecule has 3 aliphatic rings. The number of hydrogen-bond donors (Lipinski definition) is 2. The first-order valence-electron chi connectivity index (χ1n) is 9.77. The Balaban J connectivity index is 0.00000196. The predicted octanol–water partition coefficient (Wildman–Crippen LogP) is 2.57. The third-order valence-electron chi connectivity index (χ3n) is 5.62. The highest BCUT2D eigenvalue weighted by Crippen LogP contribution is 2.29. The lowest BCUT2D eigenvalue weighted by Gasteiger charge is -2.33. The van der Waals surface area contributed by atoms with E-state index in [-0.39, 0.29) is 24.0 Å². The zero-order chi connectivity index (χ0) is 17.1. The molecule has 0 atom stereocenters. The van der Waals surface area contributed by atoms with Gasteiger partial charge in [0.15, 0.2) is 5.96 Å². The standard InChI is InChI=1S/C20H30N4O.HI/c1-21-20(23-17-7-11-24(12-8-17)18-3-4-18)22-10-6-15-2-5-19-16(14-15)9-13-25-19;/h2,5,14,17-18H,3-4,6-13H2,1H3,(H2,21,22,23);1H. The number of ether oxygens (including phenoxy) is 1. The predicted molar refractivity (Wildman–Crippen MR) is 117 cm³/mol. The summed E-state index contributed by atoms with van der Waals surface area (Å²) in [7, 11) is 1.86. The summed E-state index contributed by atoms with van der Waals surface area (Å²) in [6.07, 6.45) is 7.32. The number of benzene rings is 1. The van der Waals surface area contributed by atoms with Crippen LogP contribution in [0.4, 0.5) is 0 Å². The highest BCUT2D eigenvalue weighted by Gasteiger charge is 2.31. The molecule has 0 spiro atoms. The molecule has 4 rings (SSSR count). The van der Waals surface area contributed by atoms with Crippen LogP contribution in [0.2, 0.25) is 0 Å². The number of fused-ring (bicyclic) bond motifs is 1. The number of halogens is 1. The molecule has 26 heavy (non-hydrogen) atoms. The Hall–Kier alpha value is -1.02. The van der Waals surface area contributed by atoms with Gasteiger partial charge in [-0.15, -0.1) is 24.0 Å². The Morgan fingerprint density at radius 3 is 2.77 bits per heavy atom. The summed E-state index contributed by atoms with van der Waals surface area (Å²) in [4.78, 5) is 7.06. The summed E-state index contributed by atoms with van der Waals surface area (Å²) in [6, 6.07) is 8.02. The lowest BCUT2D eigenvalue weighted by Crippen LogP contribution is -2.49. The van der Waals surface area contributed by atoms with Crippen molar-refractivity contribution in [3.05, 3.63) is 29.3 Å². The van der Waals surface area contributed by atoms with Crippen molar-refractivity contribution in [2.45, 2.75) is 50.6 Å². The van der Waals surface area contributed by atoms with Gasteiger partial charge >= 0.3 is 0 Å². The Kier molecular flexibility index (Phi) is 7.03. The van der Waals surface area contributed by atoms with Crippen molar-refractivity contribution in [2.24, 2.45) is 4.99 Å². The molecule has 2 aliphatic heterocycles. The molecule has 1 aromatic rings. The molecule has 1 aliphatic carbocycles. The topological polar surface area (TPSA) is 48.9 Å². The van der Waals surface area contributed by atoms with Gasteiger partial charge in [0.1, 0.15) is 5.75 Å². The Bertz CT molecular complexity index is 624. The van der Waals surface area contributed by atoms with Gasteiger partial charge in [0.2, 0.25) is 0 Å². The summed E-state index contributed by atoms with van der Waals surface area (Å²) in [5.41, 5.74) is 2.72. The maximum atomic E-state index is 5.58. The van der Waals surface area contributed by atoms with Gasteiger partial charge in [-0.3, -0.25) is 4.99 Å². The molecular formula is C20H31IN4O. The van der Waals surface area contributed by atoms with Crippen LogP contribution in [0.15, 0.2) is 23.2 Å². The van der Waals surface area contributed by atoms with E-state index in [1.165, 1.54) is 49.9 Å². The Labute approximate surface area is 174 Å². The van der Waals surface area contributed by atoms with Gasteiger partial charge in [-0.2, -0.15) is 0 Å². The van der Waals surface area contributed by atoms with Gasteiger partial charge in [-0.25, -0.2) is 0 Å². The van der Waals surface area contributed by atoms with Gasteiger partial charge in [-0.1, -0.05) is 12.1 Å². The first kappa shape index (κ1) is 19.7. The minimum Gasteiger partial charge on any atom is -0.493 e. The van der Waals surface area contributed by atoms with E-state index in [0.29, 0.717) is 6.04 Å². The molecule has 144 valence electrons. The second kappa shape index (κ2) is 9.26. The van der Waals surface area contributed by atoms with Gasteiger partial charge in [0.25, 0.3) is 0 Å². The van der Waals surface area contributed by atoms with Crippen LogP contribution in [0.1, 0.15) is 36.8 Å². The molecule has 1 saturated heterocycles. The molecule has 0 radical (unpaired) electrons. The van der Waals surface area contributed by atoms with E-state index in [4.69, 9.17) is 4.74 Å². The van der Waals surface area contributed by atoms with Crippen LogP contribution in [0.25, 0.3) is 0 Å². The van der Waals surface area contributed by atoms with E-state index in [0.717, 1.165) is 43.7 Å². The fourth-order valence-electron chi connectivity index (χ4n) is 3.96. The van der Waals surface area contributed by atoms with Gasteiger partial charge in [0.05, 0.1) is 6.61 Å². The number of likely N-dealkylation sites (tertiary alicyclic amines) is 1. The molecule has 1 aromatic carbocycles. The first-order valence-corrected chi connectivity index (χ1v) is 9.77. The van der Waals surface area contributed by atoms with Crippen molar-refractivity contribution in [1.82, 2.24) is 15.5 Å². The molecule has 0 unspecified atom stereocenters. The van der Waals surface area contributed by atoms with Crippen LogP contribution < -0.4 is 15.4 Å². The van der Waals surface area contributed by atoms with Crippen molar-refractivity contribution in [1.29, 1.82) is 0 Å². The van der Waals surface area contributed by atoms with Gasteiger partial charge in [0, 0.05) is 45.2 Å². The number of aliphatic imine (C=N–C) groups is 1. The van der Waals surface area contributed by atoms with Crippen LogP contribution >= 0.6 is 24.0 Å². The molecular weight excluding hydrogens is 439 g/mol. The monoisotopic (exact) mass is 470 g/mol. The Morgan fingerprint density at radius 1 is 1.23 bits per heavy atom. The lowest BCUT2D eigenvalue weighted by atomic mass is 10.1. The zero-order valence-corrected chi connectivity index (χ0v) is 18.0. The number of hydrogen-bond acceptors (Lipinski definition) is 3. The zero-order valence-electron chi connectivity index (χ0n) is 15.7. The molecule has 1 saturated carbocycles. The second-order valence-electron chi connectivity index (χ2n) is 7.48. The van der Waals surface area contributed by atoms with Gasteiger partial charge < -0.3 is 20.3 Å². The van der Waals surface area contributed by atoms with E-state index in [1.807, 2.05) is 7.05 Å². The Morgan fingerprint density at radius 2 is 2.04 bits per heavy atom. The van der Waals surface area contributed by atoms with E-state index in [9.17, 15) is 0 Å². The van der Waals surface area contributed by atoms with Crippen LogP contribution in [-0.2, 0) is 12.8 Å². The van der Waals surface area contributed by atoms with E-state index in [1.54, 1.807) is 0 Å². The average molecular weight is 470 g/mol. The molecule has 2 N–H and O–H groups in total. The quantitative estimate of drug-likeness (QED) is 0.395. The molecule has 5 nitrogen and oxygen atoms in total. The van der Waals surface area contributed by atoms with E-state index >= 15 is 0 Å². The normalized spacial score (nSPS) is 20.9. The maximum Gasteiger partial charge on any atom is 0.191 e. The summed E-state index contributed by atoms with van der Waals surface area (Å²) < 4.78 is 5.58. The number of nitrogens with one attached hydrogen (secondary N) is 2. The van der Waals surface area contributed by atoms with Crippen molar-refractivity contribution < 1.29 is 4.74 Å². The SMILES string of the molecule is CN=C(NCCc1ccc2c(c1)CCO2)NC1CCN(C2CC2)CC1.I. The molecule has 2 heterocycles. The average Bonchev–Trinajstić information content (AvgIpc) is 3.39. The van der Waals surface area contributed by atoms with Crippen molar-refractivity contribution in [3.63, 3.8) is 0 Å². The molecule has 6 heteroatoms. The number of piperidine rings is 1. The maximum absolute atomic E-state index is 5.58. The van der Waals surface area contributed by atoms with Crippen molar-refractivity contribution in [3.8, 4) is 5.75 Å². The molecule has 0 amide bonds. The second-order valence-corrected chi connectivity index (χ2v) is 7.48. The summed E-state index contributed by atoms with van der Waals surface area (Å²) in [6.45, 7) is 4.19. The van der Waals surface area contributed by atoms with Crippen molar-refractivity contribution >= 4 is 29.9 Å². The highest BCUT2D eigenvalue weighted by atomic mass is 127. The summed E-state index contributed by atoms with van der Waals surface area (Å²) in [5, 5.41) is 7.08. The molecule has 0 bridgehead atoms. The number of rotatable bonds is 5.